The van der Waals surface area contributed by atoms with Gasteiger partial charge >= 0.3 is 0 Å². The molecule has 15 heavy (non-hydrogen) atoms. The normalized spacial score (nSPS) is 21.7. The van der Waals surface area contributed by atoms with Crippen molar-refractivity contribution in [2.45, 2.75) is 26.3 Å². The summed E-state index contributed by atoms with van der Waals surface area (Å²) in [5.74, 6) is 0.792. The first-order chi connectivity index (χ1) is 7.29. The number of rotatable bonds is 2. The lowest BCUT2D eigenvalue weighted by atomic mass is 10.00. The Labute approximate surface area is 91.3 Å². The fraction of sp³-hybridized carbons (Fsp3) is 0.583. The van der Waals surface area contributed by atoms with Gasteiger partial charge in [-0.1, -0.05) is 6.92 Å². The van der Waals surface area contributed by atoms with Crippen LogP contribution in [0, 0.1) is 5.92 Å². The highest BCUT2D eigenvalue weighted by Crippen LogP contribution is 2.22. The first-order valence-electron chi connectivity index (χ1n) is 5.68. The number of aromatic nitrogens is 1. The molecule has 2 heterocycles. The highest BCUT2D eigenvalue weighted by molar-refractivity contribution is 5.46. The fourth-order valence-corrected chi connectivity index (χ4v) is 2.18. The summed E-state index contributed by atoms with van der Waals surface area (Å²) in [5, 5.41) is 0. The Morgan fingerprint density at radius 2 is 2.40 bits per heavy atom. The van der Waals surface area contributed by atoms with Crippen molar-refractivity contribution < 1.29 is 0 Å². The van der Waals surface area contributed by atoms with Gasteiger partial charge in [-0.15, -0.1) is 0 Å². The van der Waals surface area contributed by atoms with E-state index in [1.807, 2.05) is 12.4 Å². The van der Waals surface area contributed by atoms with Crippen molar-refractivity contribution in [1.82, 2.24) is 4.98 Å². The van der Waals surface area contributed by atoms with Crippen molar-refractivity contribution in [3.63, 3.8) is 0 Å². The molecule has 0 aliphatic carbocycles. The summed E-state index contributed by atoms with van der Waals surface area (Å²) in [5.41, 5.74) is 7.96. The van der Waals surface area contributed by atoms with Crippen molar-refractivity contribution in [3.05, 3.63) is 24.0 Å². The average Bonchev–Trinajstić information content (AvgIpc) is 2.29. The molecule has 0 bridgehead atoms. The van der Waals surface area contributed by atoms with Crippen LogP contribution in [0.3, 0.4) is 0 Å². The van der Waals surface area contributed by atoms with E-state index in [4.69, 9.17) is 5.73 Å². The molecule has 1 fully saturated rings. The van der Waals surface area contributed by atoms with Crippen LogP contribution in [0.1, 0.15) is 25.3 Å². The standard InChI is InChI=1S/C12H19N3/c1-10-3-2-4-15(9-10)12-5-11(6-13)7-14-8-12/h5,7-8,10H,2-4,6,9,13H2,1H3/t10-/m0/s1. The van der Waals surface area contributed by atoms with Gasteiger partial charge in [-0.05, 0) is 30.4 Å². The van der Waals surface area contributed by atoms with Gasteiger partial charge in [0.25, 0.3) is 0 Å². The summed E-state index contributed by atoms with van der Waals surface area (Å²) in [7, 11) is 0. The summed E-state index contributed by atoms with van der Waals surface area (Å²) in [4.78, 5) is 6.65. The summed E-state index contributed by atoms with van der Waals surface area (Å²) >= 11 is 0. The average molecular weight is 205 g/mol. The van der Waals surface area contributed by atoms with Gasteiger partial charge in [0.15, 0.2) is 0 Å². The predicted octanol–water partition coefficient (Wildman–Crippen LogP) is 1.78. The molecule has 2 rings (SSSR count). The number of anilines is 1. The molecule has 2 N–H and O–H groups in total. The van der Waals surface area contributed by atoms with E-state index in [0.29, 0.717) is 6.54 Å². The van der Waals surface area contributed by atoms with Crippen molar-refractivity contribution in [2.75, 3.05) is 18.0 Å². The van der Waals surface area contributed by atoms with Crippen LogP contribution in [0.4, 0.5) is 5.69 Å². The van der Waals surface area contributed by atoms with E-state index >= 15 is 0 Å². The molecule has 0 amide bonds. The Balaban J connectivity index is 2.13. The predicted molar refractivity (Wildman–Crippen MR) is 62.7 cm³/mol. The van der Waals surface area contributed by atoms with E-state index in [9.17, 15) is 0 Å². The van der Waals surface area contributed by atoms with Crippen LogP contribution in [0.15, 0.2) is 18.5 Å². The molecule has 0 aromatic carbocycles. The summed E-state index contributed by atoms with van der Waals surface area (Å²) in [6.07, 6.45) is 6.42. The molecular weight excluding hydrogens is 186 g/mol. The van der Waals surface area contributed by atoms with E-state index in [1.54, 1.807) is 0 Å². The van der Waals surface area contributed by atoms with Gasteiger partial charge in [0.1, 0.15) is 0 Å². The lowest BCUT2D eigenvalue weighted by Crippen LogP contribution is -2.34. The quantitative estimate of drug-likeness (QED) is 0.800. The maximum Gasteiger partial charge on any atom is 0.0556 e. The van der Waals surface area contributed by atoms with E-state index in [-0.39, 0.29) is 0 Å². The first-order valence-corrected chi connectivity index (χ1v) is 5.68. The third-order valence-corrected chi connectivity index (χ3v) is 3.04. The van der Waals surface area contributed by atoms with Crippen molar-refractivity contribution in [2.24, 2.45) is 11.7 Å². The molecule has 3 nitrogen and oxygen atoms in total. The zero-order valence-electron chi connectivity index (χ0n) is 9.32. The van der Waals surface area contributed by atoms with Gasteiger partial charge in [0.2, 0.25) is 0 Å². The summed E-state index contributed by atoms with van der Waals surface area (Å²) in [6, 6.07) is 2.16. The number of hydrogen-bond donors (Lipinski definition) is 1. The molecule has 3 heteroatoms. The van der Waals surface area contributed by atoms with E-state index in [2.05, 4.69) is 22.9 Å². The Morgan fingerprint density at radius 3 is 3.13 bits per heavy atom. The van der Waals surface area contributed by atoms with Gasteiger partial charge in [0, 0.05) is 25.8 Å². The van der Waals surface area contributed by atoms with Crippen LogP contribution in [-0.2, 0) is 6.54 Å². The molecule has 1 aromatic rings. The molecule has 82 valence electrons. The van der Waals surface area contributed by atoms with Gasteiger partial charge in [-0.2, -0.15) is 0 Å². The Kier molecular flexibility index (Phi) is 3.21. The van der Waals surface area contributed by atoms with Crippen LogP contribution >= 0.6 is 0 Å². The monoisotopic (exact) mass is 205 g/mol. The molecule has 1 aliphatic rings. The minimum Gasteiger partial charge on any atom is -0.370 e. The van der Waals surface area contributed by atoms with Crippen LogP contribution < -0.4 is 10.6 Å². The van der Waals surface area contributed by atoms with Crippen LogP contribution in [0.5, 0.6) is 0 Å². The molecule has 0 saturated carbocycles. The molecule has 0 unspecified atom stereocenters. The SMILES string of the molecule is C[C@H]1CCCN(c2cncc(CN)c2)C1. The third kappa shape index (κ3) is 2.48. The maximum atomic E-state index is 5.62. The Morgan fingerprint density at radius 1 is 1.53 bits per heavy atom. The molecule has 0 radical (unpaired) electrons. The van der Waals surface area contributed by atoms with Crippen LogP contribution in [0.2, 0.25) is 0 Å². The highest BCUT2D eigenvalue weighted by atomic mass is 15.1. The molecule has 1 aromatic heterocycles. The molecule has 1 aliphatic heterocycles. The van der Waals surface area contributed by atoms with E-state index < -0.39 is 0 Å². The number of nitrogens with zero attached hydrogens (tertiary/aromatic N) is 2. The zero-order valence-corrected chi connectivity index (χ0v) is 9.32. The van der Waals surface area contributed by atoms with Gasteiger partial charge in [0.05, 0.1) is 11.9 Å². The van der Waals surface area contributed by atoms with E-state index in [0.717, 1.165) is 24.6 Å². The van der Waals surface area contributed by atoms with E-state index in [1.165, 1.54) is 18.5 Å². The van der Waals surface area contributed by atoms with Crippen LogP contribution in [0.25, 0.3) is 0 Å². The second kappa shape index (κ2) is 4.62. The van der Waals surface area contributed by atoms with Crippen molar-refractivity contribution >= 4 is 5.69 Å². The van der Waals surface area contributed by atoms with Crippen LogP contribution in [-0.4, -0.2) is 18.1 Å². The third-order valence-electron chi connectivity index (χ3n) is 3.04. The lowest BCUT2D eigenvalue weighted by Gasteiger charge is -2.32. The van der Waals surface area contributed by atoms with Gasteiger partial charge in [-0.3, -0.25) is 4.98 Å². The summed E-state index contributed by atoms with van der Waals surface area (Å²) < 4.78 is 0. The topological polar surface area (TPSA) is 42.2 Å². The van der Waals surface area contributed by atoms with Gasteiger partial charge in [-0.25, -0.2) is 0 Å². The maximum absolute atomic E-state index is 5.62. The fourth-order valence-electron chi connectivity index (χ4n) is 2.18. The minimum atomic E-state index is 0.574. The van der Waals surface area contributed by atoms with Crippen molar-refractivity contribution in [3.8, 4) is 0 Å². The second-order valence-electron chi connectivity index (χ2n) is 4.45. The molecule has 1 saturated heterocycles. The largest absolute Gasteiger partial charge is 0.370 e. The van der Waals surface area contributed by atoms with Crippen molar-refractivity contribution in [1.29, 1.82) is 0 Å². The zero-order chi connectivity index (χ0) is 10.7. The minimum absolute atomic E-state index is 0.574. The number of hydrogen-bond acceptors (Lipinski definition) is 3. The molecule has 1 atom stereocenters. The number of pyridine rings is 1. The number of nitrogens with two attached hydrogens (primary N) is 1. The molecule has 0 spiro atoms. The summed E-state index contributed by atoms with van der Waals surface area (Å²) in [6.45, 7) is 5.19. The number of piperidine rings is 1. The second-order valence-corrected chi connectivity index (χ2v) is 4.45. The smallest absolute Gasteiger partial charge is 0.0556 e. The lowest BCUT2D eigenvalue weighted by molar-refractivity contribution is 0.446. The van der Waals surface area contributed by atoms with Gasteiger partial charge < -0.3 is 10.6 Å². The molecular formula is C12H19N3. The Bertz CT molecular complexity index is 324. The Hall–Kier alpha value is -1.09. The first kappa shape index (κ1) is 10.4. The highest BCUT2D eigenvalue weighted by Gasteiger charge is 2.16.